The Hall–Kier alpha value is -1.77. The molecule has 1 aromatic heterocycles. The van der Waals surface area contributed by atoms with Crippen LogP contribution < -0.4 is 5.73 Å². The number of benzene rings is 1. The van der Waals surface area contributed by atoms with Crippen LogP contribution in [0.3, 0.4) is 0 Å². The van der Waals surface area contributed by atoms with Crippen molar-refractivity contribution in [2.45, 2.75) is 20.8 Å². The molecular weight excluding hydrogens is 198 g/mol. The molecule has 3 heteroatoms. The summed E-state index contributed by atoms with van der Waals surface area (Å²) in [5.74, 6) is 0.567. The summed E-state index contributed by atoms with van der Waals surface area (Å²) in [5, 5.41) is 4.19. The van der Waals surface area contributed by atoms with Crippen LogP contribution in [0, 0.1) is 20.8 Å². The first-order chi connectivity index (χ1) is 7.49. The molecule has 2 rings (SSSR count). The molecule has 2 N–H and O–H groups in total. The van der Waals surface area contributed by atoms with Crippen LogP contribution >= 0.6 is 0 Å². The molecule has 0 bridgehead atoms. The smallest absolute Gasteiger partial charge is 0.146 e. The van der Waals surface area contributed by atoms with Gasteiger partial charge in [-0.1, -0.05) is 17.7 Å². The fraction of sp³-hybridized carbons (Fsp3) is 0.308. The molecule has 0 atom stereocenters. The predicted molar refractivity (Wildman–Crippen MR) is 67.3 cm³/mol. The maximum atomic E-state index is 5.71. The average molecular weight is 215 g/mol. The van der Waals surface area contributed by atoms with Gasteiger partial charge in [0.2, 0.25) is 0 Å². The third-order valence-corrected chi connectivity index (χ3v) is 2.83. The molecule has 0 aliphatic carbocycles. The summed E-state index contributed by atoms with van der Waals surface area (Å²) < 4.78 is 1.83. The second-order valence-corrected chi connectivity index (χ2v) is 4.35. The number of nitrogens with two attached hydrogens (primary N) is 1. The first kappa shape index (κ1) is 10.7. The summed E-state index contributed by atoms with van der Waals surface area (Å²) in [5.41, 5.74) is 11.8. The average Bonchev–Trinajstić information content (AvgIpc) is 2.43. The van der Waals surface area contributed by atoms with E-state index in [-0.39, 0.29) is 0 Å². The number of hydrogen-bond acceptors (Lipinski definition) is 2. The lowest BCUT2D eigenvalue weighted by Crippen LogP contribution is -1.98. The summed E-state index contributed by atoms with van der Waals surface area (Å²) in [7, 11) is 1.92. The molecule has 1 aromatic carbocycles. The number of aromatic nitrogens is 2. The molecule has 0 aliphatic heterocycles. The summed E-state index contributed by atoms with van der Waals surface area (Å²) in [4.78, 5) is 0. The monoisotopic (exact) mass is 215 g/mol. The van der Waals surface area contributed by atoms with Crippen molar-refractivity contribution in [3.63, 3.8) is 0 Å². The highest BCUT2D eigenvalue weighted by Crippen LogP contribution is 2.28. The molecule has 1 heterocycles. The topological polar surface area (TPSA) is 43.8 Å². The molecule has 0 spiro atoms. The van der Waals surface area contributed by atoms with E-state index in [2.05, 4.69) is 38.0 Å². The van der Waals surface area contributed by atoms with Crippen LogP contribution in [0.5, 0.6) is 0 Å². The van der Waals surface area contributed by atoms with Crippen molar-refractivity contribution in [2.24, 2.45) is 7.05 Å². The van der Waals surface area contributed by atoms with Crippen LogP contribution in [0.4, 0.5) is 5.82 Å². The zero-order valence-corrected chi connectivity index (χ0v) is 10.2. The third-order valence-electron chi connectivity index (χ3n) is 2.83. The Morgan fingerprint density at radius 3 is 2.06 bits per heavy atom. The fourth-order valence-corrected chi connectivity index (χ4v) is 2.31. The minimum absolute atomic E-state index is 0.567. The standard InChI is InChI=1S/C13H17N3/c1-8-5-9(2)13(10(3)6-8)11-7-12(14)15-16(11)4/h5-7H,1-4H3,(H2,14,15). The van der Waals surface area contributed by atoms with Gasteiger partial charge >= 0.3 is 0 Å². The minimum Gasteiger partial charge on any atom is -0.382 e. The first-order valence-electron chi connectivity index (χ1n) is 5.37. The summed E-state index contributed by atoms with van der Waals surface area (Å²) in [6, 6.07) is 6.29. The lowest BCUT2D eigenvalue weighted by Gasteiger charge is -2.11. The molecule has 0 fully saturated rings. The lowest BCUT2D eigenvalue weighted by atomic mass is 9.97. The van der Waals surface area contributed by atoms with E-state index < -0.39 is 0 Å². The number of hydrogen-bond donors (Lipinski definition) is 1. The van der Waals surface area contributed by atoms with E-state index in [9.17, 15) is 0 Å². The molecule has 0 amide bonds. The number of nitrogens with zero attached hydrogens (tertiary/aromatic N) is 2. The first-order valence-corrected chi connectivity index (χ1v) is 5.37. The highest BCUT2D eigenvalue weighted by Gasteiger charge is 2.11. The Bertz CT molecular complexity index is 515. The largest absolute Gasteiger partial charge is 0.382 e. The molecule has 0 saturated heterocycles. The SMILES string of the molecule is Cc1cc(C)c(-c2cc(N)nn2C)c(C)c1. The van der Waals surface area contributed by atoms with Crippen LogP contribution in [0.2, 0.25) is 0 Å². The van der Waals surface area contributed by atoms with Crippen LogP contribution in [0.15, 0.2) is 18.2 Å². The molecule has 0 aliphatic rings. The molecule has 3 nitrogen and oxygen atoms in total. The van der Waals surface area contributed by atoms with E-state index in [0.717, 1.165) is 5.69 Å². The van der Waals surface area contributed by atoms with Crippen molar-refractivity contribution in [1.29, 1.82) is 0 Å². The predicted octanol–water partition coefficient (Wildman–Crippen LogP) is 2.59. The second kappa shape index (κ2) is 3.67. The van der Waals surface area contributed by atoms with E-state index in [1.807, 2.05) is 17.8 Å². The Labute approximate surface area is 95.9 Å². The normalized spacial score (nSPS) is 10.8. The van der Waals surface area contributed by atoms with E-state index in [1.165, 1.54) is 22.3 Å². The quantitative estimate of drug-likeness (QED) is 0.794. The highest BCUT2D eigenvalue weighted by atomic mass is 15.3. The molecular formula is C13H17N3. The van der Waals surface area contributed by atoms with Gasteiger partial charge in [0, 0.05) is 18.7 Å². The van der Waals surface area contributed by atoms with Crippen molar-refractivity contribution in [3.8, 4) is 11.3 Å². The molecule has 0 saturated carbocycles. The van der Waals surface area contributed by atoms with Crippen molar-refractivity contribution < 1.29 is 0 Å². The molecule has 84 valence electrons. The van der Waals surface area contributed by atoms with E-state index >= 15 is 0 Å². The zero-order chi connectivity index (χ0) is 11.9. The summed E-state index contributed by atoms with van der Waals surface area (Å²) in [6.07, 6.45) is 0. The van der Waals surface area contributed by atoms with Crippen molar-refractivity contribution in [2.75, 3.05) is 5.73 Å². The van der Waals surface area contributed by atoms with Crippen molar-refractivity contribution in [3.05, 3.63) is 34.9 Å². The van der Waals surface area contributed by atoms with Gasteiger partial charge in [0.15, 0.2) is 0 Å². The molecule has 0 unspecified atom stereocenters. The minimum atomic E-state index is 0.567. The molecule has 16 heavy (non-hydrogen) atoms. The van der Waals surface area contributed by atoms with Gasteiger partial charge in [-0.2, -0.15) is 5.10 Å². The van der Waals surface area contributed by atoms with Crippen molar-refractivity contribution in [1.82, 2.24) is 9.78 Å². The van der Waals surface area contributed by atoms with Gasteiger partial charge in [-0.3, -0.25) is 4.68 Å². The maximum Gasteiger partial charge on any atom is 0.146 e. The highest BCUT2D eigenvalue weighted by molar-refractivity contribution is 5.70. The third kappa shape index (κ3) is 1.69. The Morgan fingerprint density at radius 1 is 1.06 bits per heavy atom. The van der Waals surface area contributed by atoms with E-state index in [4.69, 9.17) is 5.73 Å². The van der Waals surface area contributed by atoms with Crippen LogP contribution in [0.25, 0.3) is 11.3 Å². The van der Waals surface area contributed by atoms with E-state index in [1.54, 1.807) is 0 Å². The van der Waals surface area contributed by atoms with Gasteiger partial charge in [0.25, 0.3) is 0 Å². The summed E-state index contributed by atoms with van der Waals surface area (Å²) in [6.45, 7) is 6.36. The number of anilines is 1. The van der Waals surface area contributed by atoms with Gasteiger partial charge in [0.1, 0.15) is 5.82 Å². The van der Waals surface area contributed by atoms with Gasteiger partial charge in [0.05, 0.1) is 5.69 Å². The second-order valence-electron chi connectivity index (χ2n) is 4.35. The number of rotatable bonds is 1. The molecule has 2 aromatic rings. The van der Waals surface area contributed by atoms with Crippen LogP contribution in [0.1, 0.15) is 16.7 Å². The van der Waals surface area contributed by atoms with Gasteiger partial charge in [-0.25, -0.2) is 0 Å². The van der Waals surface area contributed by atoms with Crippen LogP contribution in [-0.2, 0) is 7.05 Å². The van der Waals surface area contributed by atoms with Crippen molar-refractivity contribution >= 4 is 5.82 Å². The summed E-state index contributed by atoms with van der Waals surface area (Å²) >= 11 is 0. The molecule has 0 radical (unpaired) electrons. The van der Waals surface area contributed by atoms with Crippen LogP contribution in [-0.4, -0.2) is 9.78 Å². The zero-order valence-electron chi connectivity index (χ0n) is 10.2. The van der Waals surface area contributed by atoms with Gasteiger partial charge in [-0.05, 0) is 31.9 Å². The van der Waals surface area contributed by atoms with Gasteiger partial charge < -0.3 is 5.73 Å². The number of aryl methyl sites for hydroxylation is 4. The Morgan fingerprint density at radius 2 is 1.62 bits per heavy atom. The Kier molecular flexibility index (Phi) is 2.46. The fourth-order valence-electron chi connectivity index (χ4n) is 2.31. The maximum absolute atomic E-state index is 5.71. The van der Waals surface area contributed by atoms with E-state index in [0.29, 0.717) is 5.82 Å². The lowest BCUT2D eigenvalue weighted by molar-refractivity contribution is 0.779. The Balaban J connectivity index is 2.69. The van der Waals surface area contributed by atoms with Gasteiger partial charge in [-0.15, -0.1) is 0 Å². The number of nitrogen functional groups attached to an aromatic ring is 1.